The quantitative estimate of drug-likeness (QED) is 0.506. The van der Waals surface area contributed by atoms with E-state index < -0.39 is 0 Å². The van der Waals surface area contributed by atoms with E-state index in [0.717, 1.165) is 22.3 Å². The molecule has 0 aliphatic carbocycles. The van der Waals surface area contributed by atoms with E-state index in [-0.39, 0.29) is 0 Å². The summed E-state index contributed by atoms with van der Waals surface area (Å²) >= 11 is 0. The maximum absolute atomic E-state index is 9.52. The van der Waals surface area contributed by atoms with Crippen LogP contribution in [0.1, 0.15) is 11.1 Å². The Bertz CT molecular complexity index is 887. The first-order chi connectivity index (χ1) is 10.8. The zero-order valence-electron chi connectivity index (χ0n) is 12.3. The fourth-order valence-electron chi connectivity index (χ4n) is 2.48. The predicted octanol–water partition coefficient (Wildman–Crippen LogP) is 4.91. The number of methoxy groups -OCH3 is 1. The van der Waals surface area contributed by atoms with Gasteiger partial charge in [-0.15, -0.1) is 0 Å². The Labute approximate surface area is 129 Å². The highest BCUT2D eigenvalue weighted by Crippen LogP contribution is 2.26. The molecule has 106 valence electrons. The van der Waals surface area contributed by atoms with Crippen LogP contribution in [0.15, 0.2) is 66.7 Å². The minimum Gasteiger partial charge on any atom is -0.496 e. The first kappa shape index (κ1) is 13.9. The third-order valence-electron chi connectivity index (χ3n) is 3.62. The van der Waals surface area contributed by atoms with Crippen molar-refractivity contribution in [1.82, 2.24) is 0 Å². The fourth-order valence-corrected chi connectivity index (χ4v) is 2.48. The first-order valence-corrected chi connectivity index (χ1v) is 7.06. The molecule has 3 aromatic carbocycles. The highest BCUT2D eigenvalue weighted by Gasteiger charge is 2.05. The van der Waals surface area contributed by atoms with Crippen LogP contribution >= 0.6 is 0 Å². The van der Waals surface area contributed by atoms with Crippen LogP contribution < -0.4 is 4.74 Å². The summed E-state index contributed by atoms with van der Waals surface area (Å²) in [4.78, 5) is 0. The lowest BCUT2D eigenvalue weighted by atomic mass is 10.00. The average molecular weight is 285 g/mol. The number of fused-ring (bicyclic) bond motifs is 1. The Hall–Kier alpha value is -3.05. The number of rotatable bonds is 3. The summed E-state index contributed by atoms with van der Waals surface area (Å²) in [7, 11) is 1.63. The molecular weight excluding hydrogens is 270 g/mol. The molecule has 0 aliphatic heterocycles. The van der Waals surface area contributed by atoms with E-state index in [2.05, 4.69) is 18.2 Å². The molecule has 0 fully saturated rings. The molecule has 0 atom stereocenters. The van der Waals surface area contributed by atoms with Gasteiger partial charge in [-0.05, 0) is 34.5 Å². The summed E-state index contributed by atoms with van der Waals surface area (Å²) in [5.74, 6) is 0.760. The zero-order chi connectivity index (χ0) is 15.4. The molecule has 3 aromatic rings. The Morgan fingerprint density at radius 3 is 2.45 bits per heavy atom. The van der Waals surface area contributed by atoms with Crippen molar-refractivity contribution < 1.29 is 4.74 Å². The minimum absolute atomic E-state index is 0.621. The van der Waals surface area contributed by atoms with Gasteiger partial charge in [-0.1, -0.05) is 54.6 Å². The van der Waals surface area contributed by atoms with E-state index in [9.17, 15) is 5.26 Å². The standard InChI is InChI=1S/C20H15NO/c1-22-20-9-5-4-8-18(20)13-19(14-21)17-11-10-15-6-2-3-7-16(15)12-17/h2-13H,1H3. The van der Waals surface area contributed by atoms with E-state index in [1.165, 1.54) is 5.39 Å². The Morgan fingerprint density at radius 1 is 0.955 bits per heavy atom. The summed E-state index contributed by atoms with van der Waals surface area (Å²) in [5.41, 5.74) is 2.43. The van der Waals surface area contributed by atoms with Gasteiger partial charge in [0.05, 0.1) is 18.8 Å². The molecule has 0 bridgehead atoms. The van der Waals surface area contributed by atoms with Gasteiger partial charge in [0.1, 0.15) is 5.75 Å². The van der Waals surface area contributed by atoms with Crippen LogP contribution in [0.3, 0.4) is 0 Å². The maximum Gasteiger partial charge on any atom is 0.126 e. The third kappa shape index (κ3) is 2.70. The lowest BCUT2D eigenvalue weighted by molar-refractivity contribution is 0.414. The van der Waals surface area contributed by atoms with Gasteiger partial charge >= 0.3 is 0 Å². The van der Waals surface area contributed by atoms with Crippen molar-refractivity contribution in [3.8, 4) is 11.8 Å². The van der Waals surface area contributed by atoms with Crippen molar-refractivity contribution in [3.05, 3.63) is 77.9 Å². The van der Waals surface area contributed by atoms with Gasteiger partial charge < -0.3 is 4.74 Å². The van der Waals surface area contributed by atoms with E-state index in [1.54, 1.807) is 7.11 Å². The van der Waals surface area contributed by atoms with Crippen LogP contribution in [0.5, 0.6) is 5.75 Å². The molecule has 0 radical (unpaired) electrons. The van der Waals surface area contributed by atoms with Crippen molar-refractivity contribution in [2.75, 3.05) is 7.11 Å². The highest BCUT2D eigenvalue weighted by molar-refractivity contribution is 5.94. The molecule has 0 amide bonds. The molecule has 0 heterocycles. The van der Waals surface area contributed by atoms with Crippen LogP contribution in [0.25, 0.3) is 22.4 Å². The zero-order valence-corrected chi connectivity index (χ0v) is 12.3. The second-order valence-electron chi connectivity index (χ2n) is 4.97. The monoisotopic (exact) mass is 285 g/mol. The van der Waals surface area contributed by atoms with E-state index >= 15 is 0 Å². The molecule has 0 unspecified atom stereocenters. The van der Waals surface area contributed by atoms with Crippen LogP contribution in [0.2, 0.25) is 0 Å². The smallest absolute Gasteiger partial charge is 0.126 e. The molecule has 0 spiro atoms. The van der Waals surface area contributed by atoms with Crippen LogP contribution in [0.4, 0.5) is 0 Å². The van der Waals surface area contributed by atoms with Crippen LogP contribution in [-0.4, -0.2) is 7.11 Å². The predicted molar refractivity (Wildman–Crippen MR) is 90.4 cm³/mol. The summed E-state index contributed by atoms with van der Waals surface area (Å²) in [6.45, 7) is 0. The minimum atomic E-state index is 0.621. The number of allylic oxidation sites excluding steroid dienone is 1. The van der Waals surface area contributed by atoms with Gasteiger partial charge in [0.25, 0.3) is 0 Å². The summed E-state index contributed by atoms with van der Waals surface area (Å²) < 4.78 is 5.34. The number of nitrogens with zero attached hydrogens (tertiary/aromatic N) is 1. The molecular formula is C20H15NO. The molecule has 0 saturated carbocycles. The van der Waals surface area contributed by atoms with Gasteiger partial charge in [-0.2, -0.15) is 5.26 Å². The lowest BCUT2D eigenvalue weighted by Crippen LogP contribution is -1.88. The second kappa shape index (κ2) is 6.15. The number of hydrogen-bond donors (Lipinski definition) is 0. The summed E-state index contributed by atoms with van der Waals surface area (Å²) in [6, 6.07) is 24.2. The average Bonchev–Trinajstić information content (AvgIpc) is 2.59. The van der Waals surface area contributed by atoms with Gasteiger partial charge in [0, 0.05) is 5.56 Å². The molecule has 0 aliphatic rings. The SMILES string of the molecule is COc1ccccc1C=C(C#N)c1ccc2ccccc2c1. The van der Waals surface area contributed by atoms with Crippen molar-refractivity contribution in [1.29, 1.82) is 5.26 Å². The number of hydrogen-bond acceptors (Lipinski definition) is 2. The van der Waals surface area contributed by atoms with Crippen molar-refractivity contribution in [2.24, 2.45) is 0 Å². The van der Waals surface area contributed by atoms with Crippen molar-refractivity contribution in [2.45, 2.75) is 0 Å². The van der Waals surface area contributed by atoms with Gasteiger partial charge in [0.2, 0.25) is 0 Å². The van der Waals surface area contributed by atoms with Crippen LogP contribution in [0, 0.1) is 11.3 Å². The number of nitriles is 1. The van der Waals surface area contributed by atoms with Crippen LogP contribution in [-0.2, 0) is 0 Å². The fraction of sp³-hybridized carbons (Fsp3) is 0.0500. The lowest BCUT2D eigenvalue weighted by Gasteiger charge is -2.06. The molecule has 0 N–H and O–H groups in total. The maximum atomic E-state index is 9.52. The molecule has 22 heavy (non-hydrogen) atoms. The topological polar surface area (TPSA) is 33.0 Å². The Morgan fingerprint density at radius 2 is 1.68 bits per heavy atom. The molecule has 2 nitrogen and oxygen atoms in total. The number of para-hydroxylation sites is 1. The summed E-state index contributed by atoms with van der Waals surface area (Å²) in [6.07, 6.45) is 1.86. The second-order valence-corrected chi connectivity index (χ2v) is 4.97. The van der Waals surface area contributed by atoms with Gasteiger partial charge in [0.15, 0.2) is 0 Å². The molecule has 0 saturated heterocycles. The van der Waals surface area contributed by atoms with Crippen molar-refractivity contribution in [3.63, 3.8) is 0 Å². The Balaban J connectivity index is 2.09. The van der Waals surface area contributed by atoms with Crippen molar-refractivity contribution >= 4 is 22.4 Å². The van der Waals surface area contributed by atoms with E-state index in [0.29, 0.717) is 5.57 Å². The first-order valence-electron chi connectivity index (χ1n) is 7.06. The summed E-state index contributed by atoms with van der Waals surface area (Å²) in [5, 5.41) is 11.8. The highest BCUT2D eigenvalue weighted by atomic mass is 16.5. The number of benzene rings is 3. The van der Waals surface area contributed by atoms with Gasteiger partial charge in [-0.25, -0.2) is 0 Å². The molecule has 3 rings (SSSR count). The van der Waals surface area contributed by atoms with Gasteiger partial charge in [-0.3, -0.25) is 0 Å². The Kier molecular flexibility index (Phi) is 3.89. The molecule has 2 heteroatoms. The van der Waals surface area contributed by atoms with E-state index in [1.807, 2.05) is 60.7 Å². The third-order valence-corrected chi connectivity index (χ3v) is 3.62. The molecule has 0 aromatic heterocycles. The number of ether oxygens (including phenoxy) is 1. The van der Waals surface area contributed by atoms with E-state index in [4.69, 9.17) is 4.74 Å². The normalized spacial score (nSPS) is 11.2. The largest absolute Gasteiger partial charge is 0.496 e.